The largest absolute Gasteiger partial charge is 0.374 e. The summed E-state index contributed by atoms with van der Waals surface area (Å²) < 4.78 is 0. The third-order valence-corrected chi connectivity index (χ3v) is 4.75. The first-order valence-electron chi connectivity index (χ1n) is 7.75. The zero-order valence-electron chi connectivity index (χ0n) is 12.6. The predicted molar refractivity (Wildman–Crippen MR) is 96.2 cm³/mol. The lowest BCUT2D eigenvalue weighted by Crippen LogP contribution is -2.11. The second kappa shape index (κ2) is 5.08. The summed E-state index contributed by atoms with van der Waals surface area (Å²) in [5.41, 5.74) is 6.35. The topological polar surface area (TPSA) is 53.6 Å². The van der Waals surface area contributed by atoms with Crippen LogP contribution in [-0.2, 0) is 0 Å². The zero-order chi connectivity index (χ0) is 16.1. The van der Waals surface area contributed by atoms with Crippen LogP contribution in [-0.4, -0.2) is 15.2 Å². The van der Waals surface area contributed by atoms with Crippen LogP contribution in [0.2, 0.25) is 5.02 Å². The Balaban J connectivity index is 1.85. The lowest BCUT2D eigenvalue weighted by molar-refractivity contribution is 0.953. The number of H-pyrrole nitrogens is 1. The number of nitrogens with zero attached hydrogens (tertiary/aromatic N) is 2. The number of hydrogen-bond donors (Lipinski definition) is 2. The molecule has 0 saturated heterocycles. The van der Waals surface area contributed by atoms with Crippen LogP contribution >= 0.6 is 11.6 Å². The van der Waals surface area contributed by atoms with Crippen molar-refractivity contribution in [1.29, 1.82) is 0 Å². The minimum absolute atomic E-state index is 0.0101. The Morgan fingerprint density at radius 3 is 2.83 bits per heavy atom. The molecular formula is C19H13ClN4. The number of halogens is 1. The molecule has 2 aromatic heterocycles. The number of aromatic amines is 1. The maximum atomic E-state index is 6.22. The maximum Gasteiger partial charge on any atom is 0.160 e. The highest BCUT2D eigenvalue weighted by Gasteiger charge is 2.26. The highest BCUT2D eigenvalue weighted by atomic mass is 35.5. The summed E-state index contributed by atoms with van der Waals surface area (Å²) in [7, 11) is 0. The molecule has 5 rings (SSSR count). The molecule has 0 amide bonds. The molecule has 0 bridgehead atoms. The average Bonchev–Trinajstić information content (AvgIpc) is 2.97. The van der Waals surface area contributed by atoms with Crippen LogP contribution in [0.5, 0.6) is 0 Å². The minimum Gasteiger partial charge on any atom is -0.374 e. The van der Waals surface area contributed by atoms with Gasteiger partial charge in [-0.2, -0.15) is 5.10 Å². The predicted octanol–water partition coefficient (Wildman–Crippen LogP) is 4.79. The van der Waals surface area contributed by atoms with E-state index >= 15 is 0 Å². The Labute approximate surface area is 143 Å². The highest BCUT2D eigenvalue weighted by molar-refractivity contribution is 6.30. The Morgan fingerprint density at radius 1 is 1.00 bits per heavy atom. The molecule has 1 atom stereocenters. The Morgan fingerprint density at radius 2 is 1.92 bits per heavy atom. The highest BCUT2D eigenvalue weighted by Crippen LogP contribution is 2.43. The SMILES string of the molecule is Clc1cccc(C2Nc3ccccc3-c3cnnc4[nH]cc2c34)c1. The molecule has 0 fully saturated rings. The fourth-order valence-corrected chi connectivity index (χ4v) is 3.65. The van der Waals surface area contributed by atoms with E-state index in [0.29, 0.717) is 0 Å². The summed E-state index contributed by atoms with van der Waals surface area (Å²) in [5.74, 6) is 0. The van der Waals surface area contributed by atoms with Crippen molar-refractivity contribution in [2.24, 2.45) is 0 Å². The molecule has 5 heteroatoms. The van der Waals surface area contributed by atoms with E-state index in [4.69, 9.17) is 11.6 Å². The zero-order valence-corrected chi connectivity index (χ0v) is 13.4. The number of para-hydroxylation sites is 1. The number of nitrogens with one attached hydrogen (secondary N) is 2. The molecule has 2 N–H and O–H groups in total. The standard InChI is InChI=1S/C19H13ClN4/c20-12-5-3-4-11(8-12)18-15-9-21-19-17(15)14(10-22-24-19)13-6-1-2-7-16(13)23-18/h1-10,18,23H,(H,21,24). The number of fused-ring (bicyclic) bond motifs is 2. The molecule has 4 nitrogen and oxygen atoms in total. The van der Waals surface area contributed by atoms with Gasteiger partial charge >= 0.3 is 0 Å². The van der Waals surface area contributed by atoms with Crippen molar-refractivity contribution in [2.75, 3.05) is 5.32 Å². The molecule has 2 aromatic carbocycles. The molecule has 0 radical (unpaired) electrons. The number of benzene rings is 2. The van der Waals surface area contributed by atoms with Gasteiger partial charge in [-0.3, -0.25) is 0 Å². The average molecular weight is 333 g/mol. The van der Waals surface area contributed by atoms with E-state index in [0.717, 1.165) is 44.0 Å². The van der Waals surface area contributed by atoms with E-state index in [1.165, 1.54) is 0 Å². The van der Waals surface area contributed by atoms with Gasteiger partial charge in [0.2, 0.25) is 0 Å². The Bertz CT molecular complexity index is 1070. The van der Waals surface area contributed by atoms with Gasteiger partial charge in [0.15, 0.2) is 5.65 Å². The summed E-state index contributed by atoms with van der Waals surface area (Å²) in [6.45, 7) is 0. The van der Waals surface area contributed by atoms with E-state index in [1.54, 1.807) is 0 Å². The smallest absolute Gasteiger partial charge is 0.160 e. The first-order valence-corrected chi connectivity index (χ1v) is 8.13. The van der Waals surface area contributed by atoms with Gasteiger partial charge in [0.1, 0.15) is 0 Å². The number of aromatic nitrogens is 3. The van der Waals surface area contributed by atoms with Crippen molar-refractivity contribution in [2.45, 2.75) is 6.04 Å². The third-order valence-electron chi connectivity index (χ3n) is 4.51. The second-order valence-electron chi connectivity index (χ2n) is 5.90. The van der Waals surface area contributed by atoms with Crippen LogP contribution in [0, 0.1) is 0 Å². The number of rotatable bonds is 1. The monoisotopic (exact) mass is 332 g/mol. The summed E-state index contributed by atoms with van der Waals surface area (Å²) in [5, 5.41) is 13.9. The normalized spacial score (nSPS) is 15.6. The minimum atomic E-state index is -0.0101. The molecular weight excluding hydrogens is 320 g/mol. The van der Waals surface area contributed by atoms with Gasteiger partial charge in [0.25, 0.3) is 0 Å². The number of anilines is 1. The van der Waals surface area contributed by atoms with Gasteiger partial charge < -0.3 is 10.3 Å². The first-order chi connectivity index (χ1) is 11.8. The molecule has 0 aliphatic carbocycles. The van der Waals surface area contributed by atoms with Gasteiger partial charge in [-0.1, -0.05) is 41.9 Å². The molecule has 116 valence electrons. The third kappa shape index (κ3) is 1.93. The summed E-state index contributed by atoms with van der Waals surface area (Å²) in [6, 6.07) is 16.2. The number of hydrogen-bond acceptors (Lipinski definition) is 3. The van der Waals surface area contributed by atoms with Crippen LogP contribution in [0.25, 0.3) is 22.2 Å². The van der Waals surface area contributed by atoms with E-state index in [1.807, 2.05) is 42.7 Å². The molecule has 24 heavy (non-hydrogen) atoms. The molecule has 4 aromatic rings. The Hall–Kier alpha value is -2.85. The van der Waals surface area contributed by atoms with Crippen molar-refractivity contribution in [3.63, 3.8) is 0 Å². The van der Waals surface area contributed by atoms with Crippen molar-refractivity contribution in [1.82, 2.24) is 15.2 Å². The van der Waals surface area contributed by atoms with Gasteiger partial charge in [0, 0.05) is 39.0 Å². The second-order valence-corrected chi connectivity index (χ2v) is 6.34. The molecule has 0 saturated carbocycles. The molecule has 3 heterocycles. The van der Waals surface area contributed by atoms with Gasteiger partial charge in [-0.05, 0) is 23.8 Å². The van der Waals surface area contributed by atoms with E-state index in [9.17, 15) is 0 Å². The first kappa shape index (κ1) is 13.6. The Kier molecular flexibility index (Phi) is 2.87. The van der Waals surface area contributed by atoms with E-state index in [-0.39, 0.29) is 6.04 Å². The van der Waals surface area contributed by atoms with Crippen molar-refractivity contribution in [3.8, 4) is 11.1 Å². The molecule has 1 unspecified atom stereocenters. The van der Waals surface area contributed by atoms with Crippen molar-refractivity contribution >= 4 is 28.3 Å². The van der Waals surface area contributed by atoms with Crippen LogP contribution in [0.15, 0.2) is 60.9 Å². The molecule has 1 aliphatic rings. The maximum absolute atomic E-state index is 6.22. The summed E-state index contributed by atoms with van der Waals surface area (Å²) >= 11 is 6.22. The fraction of sp³-hybridized carbons (Fsp3) is 0.0526. The van der Waals surface area contributed by atoms with Crippen molar-refractivity contribution in [3.05, 3.63) is 77.1 Å². The molecule has 1 aliphatic heterocycles. The van der Waals surface area contributed by atoms with Crippen LogP contribution < -0.4 is 5.32 Å². The van der Waals surface area contributed by atoms with Crippen LogP contribution in [0.4, 0.5) is 5.69 Å². The van der Waals surface area contributed by atoms with Gasteiger partial charge in [0.05, 0.1) is 12.2 Å². The quantitative estimate of drug-likeness (QED) is 0.526. The molecule has 0 spiro atoms. The summed E-state index contributed by atoms with van der Waals surface area (Å²) in [6.07, 6.45) is 3.84. The fourth-order valence-electron chi connectivity index (χ4n) is 3.46. The van der Waals surface area contributed by atoms with Gasteiger partial charge in [-0.25, -0.2) is 0 Å². The summed E-state index contributed by atoms with van der Waals surface area (Å²) in [4.78, 5) is 3.25. The van der Waals surface area contributed by atoms with E-state index < -0.39 is 0 Å². The lowest BCUT2D eigenvalue weighted by Gasteiger charge is -2.19. The van der Waals surface area contributed by atoms with Crippen LogP contribution in [0.1, 0.15) is 17.2 Å². The lowest BCUT2D eigenvalue weighted by atomic mass is 9.98. The van der Waals surface area contributed by atoms with Gasteiger partial charge in [-0.15, -0.1) is 5.10 Å². The van der Waals surface area contributed by atoms with Crippen LogP contribution in [0.3, 0.4) is 0 Å². The van der Waals surface area contributed by atoms with Crippen molar-refractivity contribution < 1.29 is 0 Å². The van der Waals surface area contributed by atoms with E-state index in [2.05, 4.69) is 38.7 Å².